The van der Waals surface area contributed by atoms with Gasteiger partial charge in [0.1, 0.15) is 0 Å². The highest BCUT2D eigenvalue weighted by atomic mass is 35.5. The fourth-order valence-electron chi connectivity index (χ4n) is 3.08. The highest BCUT2D eigenvalue weighted by Crippen LogP contribution is 2.25. The van der Waals surface area contributed by atoms with Gasteiger partial charge in [-0.3, -0.25) is 9.52 Å². The first-order valence-corrected chi connectivity index (χ1v) is 11.1. The van der Waals surface area contributed by atoms with Crippen molar-refractivity contribution in [1.82, 2.24) is 4.90 Å². The number of hydrogen-bond donors (Lipinski definition) is 1. The molecule has 3 rings (SSSR count). The predicted octanol–water partition coefficient (Wildman–Crippen LogP) is 4.56. The number of carbonyl (C=O) groups is 1. The van der Waals surface area contributed by atoms with Gasteiger partial charge >= 0.3 is 0 Å². The van der Waals surface area contributed by atoms with E-state index in [9.17, 15) is 13.2 Å². The van der Waals surface area contributed by atoms with Crippen LogP contribution in [0.25, 0.3) is 0 Å². The molecule has 27 heavy (non-hydrogen) atoms. The number of anilines is 1. The molecule has 2 aromatic carbocycles. The van der Waals surface area contributed by atoms with Crippen LogP contribution in [0.4, 0.5) is 5.69 Å². The number of halogens is 2. The van der Waals surface area contributed by atoms with Gasteiger partial charge in [-0.1, -0.05) is 41.4 Å². The Morgan fingerprint density at radius 3 is 2.41 bits per heavy atom. The zero-order valence-corrected chi connectivity index (χ0v) is 16.9. The smallest absolute Gasteiger partial charge is 0.255 e. The minimum atomic E-state index is -3.73. The van der Waals surface area contributed by atoms with Crippen LogP contribution < -0.4 is 4.72 Å². The maximum absolute atomic E-state index is 12.8. The maximum Gasteiger partial charge on any atom is 0.255 e. The Kier molecular flexibility index (Phi) is 6.29. The van der Waals surface area contributed by atoms with Crippen LogP contribution in [0.5, 0.6) is 0 Å². The summed E-state index contributed by atoms with van der Waals surface area (Å²) >= 11 is 11.8. The second-order valence-electron chi connectivity index (χ2n) is 6.51. The average molecular weight is 427 g/mol. The zero-order chi connectivity index (χ0) is 19.4. The Morgan fingerprint density at radius 1 is 1.00 bits per heavy atom. The molecule has 2 aromatic rings. The lowest BCUT2D eigenvalue weighted by Crippen LogP contribution is -2.36. The molecule has 0 radical (unpaired) electrons. The molecule has 0 saturated carbocycles. The van der Waals surface area contributed by atoms with Crippen LogP contribution in [0.3, 0.4) is 0 Å². The first kappa shape index (κ1) is 20.0. The molecule has 0 atom stereocenters. The molecule has 0 aromatic heterocycles. The van der Waals surface area contributed by atoms with E-state index >= 15 is 0 Å². The molecule has 1 aliphatic heterocycles. The second kappa shape index (κ2) is 8.50. The third-order valence-electron chi connectivity index (χ3n) is 4.41. The van der Waals surface area contributed by atoms with Crippen LogP contribution in [0, 0.1) is 0 Å². The predicted molar refractivity (Wildman–Crippen MR) is 109 cm³/mol. The minimum absolute atomic E-state index is 0.150. The number of likely N-dealkylation sites (tertiary alicyclic amines) is 1. The third kappa shape index (κ3) is 5.15. The summed E-state index contributed by atoms with van der Waals surface area (Å²) < 4.78 is 27.7. The molecule has 1 saturated heterocycles. The van der Waals surface area contributed by atoms with Gasteiger partial charge in [-0.2, -0.15) is 0 Å². The molecule has 1 fully saturated rings. The van der Waals surface area contributed by atoms with Crippen molar-refractivity contribution in [2.45, 2.75) is 25.0 Å². The van der Waals surface area contributed by atoms with Gasteiger partial charge in [-0.15, -0.1) is 0 Å². The summed E-state index contributed by atoms with van der Waals surface area (Å²) in [7, 11) is -3.73. The minimum Gasteiger partial charge on any atom is -0.339 e. The van der Waals surface area contributed by atoms with Crippen LogP contribution in [0.2, 0.25) is 10.0 Å². The van der Waals surface area contributed by atoms with Crippen LogP contribution >= 0.6 is 23.2 Å². The molecule has 5 nitrogen and oxygen atoms in total. The molecular formula is C19H20Cl2N2O3S. The number of carbonyl (C=O) groups excluding carboxylic acids is 1. The fourth-order valence-corrected chi connectivity index (χ4v) is 4.60. The largest absolute Gasteiger partial charge is 0.339 e. The SMILES string of the molecule is O=C(c1ccccc1NS(=O)(=O)Cc1ccc(Cl)c(Cl)c1)N1CCCCC1. The number of piperidine rings is 1. The summed E-state index contributed by atoms with van der Waals surface area (Å²) in [6.07, 6.45) is 3.05. The summed E-state index contributed by atoms with van der Waals surface area (Å²) in [5.74, 6) is -0.418. The Morgan fingerprint density at radius 2 is 1.70 bits per heavy atom. The second-order valence-corrected chi connectivity index (χ2v) is 9.04. The third-order valence-corrected chi connectivity index (χ3v) is 6.39. The molecule has 0 unspecified atom stereocenters. The first-order valence-electron chi connectivity index (χ1n) is 8.68. The first-order chi connectivity index (χ1) is 12.9. The van der Waals surface area contributed by atoms with Crippen molar-refractivity contribution in [2.75, 3.05) is 17.8 Å². The van der Waals surface area contributed by atoms with Gasteiger partial charge in [0.25, 0.3) is 5.91 Å². The number of hydrogen-bond acceptors (Lipinski definition) is 3. The highest BCUT2D eigenvalue weighted by Gasteiger charge is 2.22. The summed E-state index contributed by atoms with van der Waals surface area (Å²) in [5, 5.41) is 0.660. The van der Waals surface area contributed by atoms with Crippen LogP contribution in [0.1, 0.15) is 35.2 Å². The van der Waals surface area contributed by atoms with Crippen molar-refractivity contribution in [2.24, 2.45) is 0 Å². The molecule has 0 spiro atoms. The normalized spacial score (nSPS) is 14.8. The van der Waals surface area contributed by atoms with Gasteiger partial charge in [0.15, 0.2) is 0 Å². The highest BCUT2D eigenvalue weighted by molar-refractivity contribution is 7.91. The van der Waals surface area contributed by atoms with E-state index in [0.717, 1.165) is 19.3 Å². The summed E-state index contributed by atoms with van der Waals surface area (Å²) in [6.45, 7) is 1.40. The molecule has 144 valence electrons. The topological polar surface area (TPSA) is 66.5 Å². The molecule has 1 heterocycles. The number of amides is 1. The Balaban J connectivity index is 1.80. The van der Waals surface area contributed by atoms with E-state index in [4.69, 9.17) is 23.2 Å². The Bertz CT molecular complexity index is 942. The molecule has 0 bridgehead atoms. The fraction of sp³-hybridized carbons (Fsp3) is 0.316. The number of benzene rings is 2. The average Bonchev–Trinajstić information content (AvgIpc) is 2.65. The number of nitrogens with zero attached hydrogens (tertiary/aromatic N) is 1. The summed E-state index contributed by atoms with van der Waals surface area (Å²) in [6, 6.07) is 11.4. The van der Waals surface area contributed by atoms with Crippen molar-refractivity contribution in [3.05, 3.63) is 63.6 Å². The molecular weight excluding hydrogens is 407 g/mol. The van der Waals surface area contributed by atoms with Gasteiger partial charge in [0, 0.05) is 13.1 Å². The zero-order valence-electron chi connectivity index (χ0n) is 14.6. The van der Waals surface area contributed by atoms with Gasteiger partial charge in [0.05, 0.1) is 27.0 Å². The van der Waals surface area contributed by atoms with Gasteiger partial charge in [-0.05, 0) is 49.1 Å². The lowest BCUT2D eigenvalue weighted by Gasteiger charge is -2.27. The van der Waals surface area contributed by atoms with Crippen LogP contribution in [-0.4, -0.2) is 32.3 Å². The van der Waals surface area contributed by atoms with E-state index < -0.39 is 10.0 Å². The van der Waals surface area contributed by atoms with E-state index in [1.165, 1.54) is 6.07 Å². The maximum atomic E-state index is 12.8. The van der Waals surface area contributed by atoms with E-state index in [0.29, 0.717) is 34.3 Å². The molecule has 1 aliphatic rings. The number of sulfonamides is 1. The van der Waals surface area contributed by atoms with Gasteiger partial charge < -0.3 is 4.90 Å². The van der Waals surface area contributed by atoms with Crippen molar-refractivity contribution in [3.63, 3.8) is 0 Å². The number of rotatable bonds is 5. The van der Waals surface area contributed by atoms with Crippen molar-refractivity contribution >= 4 is 44.8 Å². The Labute approximate surface area is 169 Å². The molecule has 0 aliphatic carbocycles. The van der Waals surface area contributed by atoms with E-state index in [2.05, 4.69) is 4.72 Å². The summed E-state index contributed by atoms with van der Waals surface area (Å²) in [4.78, 5) is 14.6. The quantitative estimate of drug-likeness (QED) is 0.761. The van der Waals surface area contributed by atoms with Crippen molar-refractivity contribution < 1.29 is 13.2 Å². The van der Waals surface area contributed by atoms with E-state index in [-0.39, 0.29) is 17.3 Å². The van der Waals surface area contributed by atoms with Gasteiger partial charge in [0.2, 0.25) is 10.0 Å². The summed E-state index contributed by atoms with van der Waals surface area (Å²) in [5.41, 5.74) is 1.15. The lowest BCUT2D eigenvalue weighted by atomic mass is 10.1. The number of nitrogens with one attached hydrogen (secondary N) is 1. The van der Waals surface area contributed by atoms with E-state index in [1.807, 2.05) is 0 Å². The van der Waals surface area contributed by atoms with Crippen molar-refractivity contribution in [1.29, 1.82) is 0 Å². The van der Waals surface area contributed by atoms with Crippen molar-refractivity contribution in [3.8, 4) is 0 Å². The van der Waals surface area contributed by atoms with Crippen LogP contribution in [0.15, 0.2) is 42.5 Å². The molecule has 1 amide bonds. The monoisotopic (exact) mass is 426 g/mol. The molecule has 1 N–H and O–H groups in total. The number of para-hydroxylation sites is 1. The van der Waals surface area contributed by atoms with E-state index in [1.54, 1.807) is 41.3 Å². The van der Waals surface area contributed by atoms with Gasteiger partial charge in [-0.25, -0.2) is 8.42 Å². The standard InChI is InChI=1S/C19H20Cl2N2O3S/c20-16-9-8-14(12-17(16)21)13-27(25,26)22-18-7-3-2-6-15(18)19(24)23-10-4-1-5-11-23/h2-3,6-9,12,22H,1,4-5,10-11,13H2. The molecule has 8 heteroatoms. The van der Waals surface area contributed by atoms with Crippen LogP contribution in [-0.2, 0) is 15.8 Å². The Hall–Kier alpha value is -1.76. The lowest BCUT2D eigenvalue weighted by molar-refractivity contribution is 0.0725.